The highest BCUT2D eigenvalue weighted by Crippen LogP contribution is 2.25. The Morgan fingerprint density at radius 1 is 0.407 bits per heavy atom. The zero-order chi connectivity index (χ0) is 20.0. The Morgan fingerprint density at radius 3 is 1.00 bits per heavy atom. The first-order valence-electron chi connectivity index (χ1n) is 13.2. The van der Waals surface area contributed by atoms with E-state index in [0.717, 1.165) is 11.8 Å². The third kappa shape index (κ3) is 22.2. The van der Waals surface area contributed by atoms with Crippen LogP contribution < -0.4 is 0 Å². The van der Waals surface area contributed by atoms with Gasteiger partial charge in [-0.3, -0.25) is 0 Å². The SMILES string of the molecule is CCCCCCCCCCCCC(CCCCCCCCCC)CC(C)C. The van der Waals surface area contributed by atoms with Crippen molar-refractivity contribution in [2.75, 3.05) is 0 Å². The summed E-state index contributed by atoms with van der Waals surface area (Å²) < 4.78 is 0. The van der Waals surface area contributed by atoms with Crippen molar-refractivity contribution < 1.29 is 0 Å². The molecule has 0 N–H and O–H groups in total. The third-order valence-electron chi connectivity index (χ3n) is 6.24. The predicted molar refractivity (Wildman–Crippen MR) is 127 cm³/mol. The van der Waals surface area contributed by atoms with E-state index in [2.05, 4.69) is 27.7 Å². The first kappa shape index (κ1) is 27.0. The van der Waals surface area contributed by atoms with Crippen LogP contribution in [0, 0.1) is 11.8 Å². The van der Waals surface area contributed by atoms with Gasteiger partial charge in [0.25, 0.3) is 0 Å². The Labute approximate surface area is 174 Å². The maximum absolute atomic E-state index is 2.42. The van der Waals surface area contributed by atoms with Crippen LogP contribution >= 0.6 is 0 Å². The van der Waals surface area contributed by atoms with Crippen molar-refractivity contribution in [3.05, 3.63) is 0 Å². The van der Waals surface area contributed by atoms with Crippen LogP contribution in [0.4, 0.5) is 0 Å². The van der Waals surface area contributed by atoms with E-state index in [9.17, 15) is 0 Å². The van der Waals surface area contributed by atoms with E-state index in [4.69, 9.17) is 0 Å². The Kier molecular flexibility index (Phi) is 22.3. The van der Waals surface area contributed by atoms with Gasteiger partial charge in [0.05, 0.1) is 0 Å². The van der Waals surface area contributed by atoms with E-state index in [1.54, 1.807) is 0 Å². The van der Waals surface area contributed by atoms with E-state index < -0.39 is 0 Å². The average Bonchev–Trinajstić information content (AvgIpc) is 2.64. The summed E-state index contributed by atoms with van der Waals surface area (Å²) in [5, 5.41) is 0. The van der Waals surface area contributed by atoms with Gasteiger partial charge in [0, 0.05) is 0 Å². The second-order valence-corrected chi connectivity index (χ2v) is 9.73. The maximum Gasteiger partial charge on any atom is -0.0412 e. The van der Waals surface area contributed by atoms with Crippen LogP contribution in [0.15, 0.2) is 0 Å². The largest absolute Gasteiger partial charge is 0.0654 e. The molecule has 0 saturated heterocycles. The molecule has 0 saturated carbocycles. The average molecular weight is 381 g/mol. The van der Waals surface area contributed by atoms with Crippen molar-refractivity contribution >= 4 is 0 Å². The molecule has 27 heavy (non-hydrogen) atoms. The second kappa shape index (κ2) is 22.3. The van der Waals surface area contributed by atoms with Crippen LogP contribution in [-0.2, 0) is 0 Å². The summed E-state index contributed by atoms with van der Waals surface area (Å²) in [5.41, 5.74) is 0. The van der Waals surface area contributed by atoms with Gasteiger partial charge >= 0.3 is 0 Å². The molecule has 0 aromatic rings. The molecule has 0 heterocycles. The molecule has 0 aromatic carbocycles. The van der Waals surface area contributed by atoms with Gasteiger partial charge in [-0.1, -0.05) is 156 Å². The van der Waals surface area contributed by atoms with Crippen LogP contribution in [0.2, 0.25) is 0 Å². The normalized spacial score (nSPS) is 12.8. The van der Waals surface area contributed by atoms with E-state index in [0.29, 0.717) is 0 Å². The lowest BCUT2D eigenvalue weighted by Crippen LogP contribution is -2.05. The molecule has 1 atom stereocenters. The zero-order valence-electron chi connectivity index (χ0n) is 20.0. The van der Waals surface area contributed by atoms with E-state index in [1.807, 2.05) is 0 Å². The van der Waals surface area contributed by atoms with Gasteiger partial charge in [-0.25, -0.2) is 0 Å². The summed E-state index contributed by atoms with van der Waals surface area (Å²) in [6, 6.07) is 0. The maximum atomic E-state index is 2.42. The number of rotatable bonds is 22. The minimum atomic E-state index is 0.882. The highest BCUT2D eigenvalue weighted by molar-refractivity contribution is 4.63. The van der Waals surface area contributed by atoms with Crippen LogP contribution in [-0.4, -0.2) is 0 Å². The molecule has 0 amide bonds. The number of hydrogen-bond acceptors (Lipinski definition) is 0. The molecule has 0 radical (unpaired) electrons. The first-order valence-corrected chi connectivity index (χ1v) is 13.2. The van der Waals surface area contributed by atoms with Crippen molar-refractivity contribution in [2.24, 2.45) is 11.8 Å². The van der Waals surface area contributed by atoms with Gasteiger partial charge in [0.2, 0.25) is 0 Å². The van der Waals surface area contributed by atoms with Crippen molar-refractivity contribution in [1.29, 1.82) is 0 Å². The summed E-state index contributed by atoms with van der Waals surface area (Å²) in [4.78, 5) is 0. The zero-order valence-corrected chi connectivity index (χ0v) is 20.0. The quantitative estimate of drug-likeness (QED) is 0.164. The molecule has 0 aliphatic carbocycles. The number of hydrogen-bond donors (Lipinski definition) is 0. The van der Waals surface area contributed by atoms with E-state index >= 15 is 0 Å². The van der Waals surface area contributed by atoms with Crippen molar-refractivity contribution in [3.63, 3.8) is 0 Å². The molecular weight excluding hydrogens is 324 g/mol. The lowest BCUT2D eigenvalue weighted by atomic mass is 9.87. The Hall–Kier alpha value is 0. The van der Waals surface area contributed by atoms with Crippen molar-refractivity contribution in [2.45, 2.75) is 163 Å². The molecule has 0 aliphatic heterocycles. The minimum absolute atomic E-state index is 0.882. The van der Waals surface area contributed by atoms with Gasteiger partial charge in [-0.2, -0.15) is 0 Å². The molecule has 0 nitrogen and oxygen atoms in total. The van der Waals surface area contributed by atoms with Crippen LogP contribution in [0.3, 0.4) is 0 Å². The summed E-state index contributed by atoms with van der Waals surface area (Å²) in [7, 11) is 0. The molecule has 0 aromatic heterocycles. The van der Waals surface area contributed by atoms with Gasteiger partial charge in [-0.05, 0) is 18.3 Å². The van der Waals surface area contributed by atoms with Crippen LogP contribution in [0.1, 0.15) is 163 Å². The van der Waals surface area contributed by atoms with E-state index in [-0.39, 0.29) is 0 Å². The lowest BCUT2D eigenvalue weighted by molar-refractivity contribution is 0.338. The molecular formula is C27H56. The van der Waals surface area contributed by atoms with Crippen molar-refractivity contribution in [3.8, 4) is 0 Å². The molecule has 0 rings (SSSR count). The fourth-order valence-corrected chi connectivity index (χ4v) is 4.53. The van der Waals surface area contributed by atoms with Crippen LogP contribution in [0.25, 0.3) is 0 Å². The third-order valence-corrected chi connectivity index (χ3v) is 6.24. The smallest absolute Gasteiger partial charge is 0.0412 e. The Balaban J connectivity index is 3.56. The van der Waals surface area contributed by atoms with Crippen LogP contribution in [0.5, 0.6) is 0 Å². The summed E-state index contributed by atoms with van der Waals surface area (Å²) in [5.74, 6) is 1.89. The summed E-state index contributed by atoms with van der Waals surface area (Å²) in [6.45, 7) is 9.45. The second-order valence-electron chi connectivity index (χ2n) is 9.73. The standard InChI is InChI=1S/C27H56/c1-5-7-9-11-13-15-16-18-20-22-24-27(25-26(3)4)23-21-19-17-14-12-10-8-6-2/h26-27H,5-25H2,1-4H3. The molecule has 0 spiro atoms. The van der Waals surface area contributed by atoms with E-state index in [1.165, 1.54) is 135 Å². The minimum Gasteiger partial charge on any atom is -0.0654 e. The fraction of sp³-hybridized carbons (Fsp3) is 1.00. The Morgan fingerprint density at radius 2 is 0.704 bits per heavy atom. The lowest BCUT2D eigenvalue weighted by Gasteiger charge is -2.19. The molecule has 0 fully saturated rings. The van der Waals surface area contributed by atoms with Gasteiger partial charge in [0.1, 0.15) is 0 Å². The Bertz CT molecular complexity index is 255. The molecule has 0 heteroatoms. The van der Waals surface area contributed by atoms with Gasteiger partial charge in [-0.15, -0.1) is 0 Å². The monoisotopic (exact) mass is 380 g/mol. The first-order chi connectivity index (χ1) is 13.2. The fourth-order valence-electron chi connectivity index (χ4n) is 4.53. The molecule has 0 aliphatic rings. The van der Waals surface area contributed by atoms with Gasteiger partial charge < -0.3 is 0 Å². The molecule has 1 unspecified atom stereocenters. The predicted octanol–water partition coefficient (Wildman–Crippen LogP) is 10.5. The topological polar surface area (TPSA) is 0 Å². The molecule has 164 valence electrons. The highest BCUT2D eigenvalue weighted by atomic mass is 14.2. The van der Waals surface area contributed by atoms with Crippen molar-refractivity contribution in [1.82, 2.24) is 0 Å². The molecule has 0 bridgehead atoms. The summed E-state index contributed by atoms with van der Waals surface area (Å²) >= 11 is 0. The van der Waals surface area contributed by atoms with Gasteiger partial charge in [0.15, 0.2) is 0 Å². The highest BCUT2D eigenvalue weighted by Gasteiger charge is 2.10. The summed E-state index contributed by atoms with van der Waals surface area (Å²) in [6.07, 6.45) is 30.8. The number of unbranched alkanes of at least 4 members (excludes halogenated alkanes) is 16.